The Morgan fingerprint density at radius 2 is 1.30 bits per heavy atom. The Bertz CT molecular complexity index is 571. The molecule has 0 fully saturated rings. The van der Waals surface area contributed by atoms with E-state index in [1.807, 2.05) is 12.4 Å². The first-order valence-corrected chi connectivity index (χ1v) is 8.86. The van der Waals surface area contributed by atoms with Crippen molar-refractivity contribution in [2.75, 3.05) is 0 Å². The van der Waals surface area contributed by atoms with Crippen molar-refractivity contribution in [3.8, 4) is 10.0 Å². The Hall–Kier alpha value is -0.740. The Morgan fingerprint density at radius 3 is 1.70 bits per heavy atom. The standard InChI is InChI=1S/C16H24N2S2/c1-7-16(6,8-2)12-10-18-14(20-12)13-17-9-11(19-13)15(3,4)5/h9-10H,7-8H2,1-6H3. The summed E-state index contributed by atoms with van der Waals surface area (Å²) in [5.74, 6) is 0. The van der Waals surface area contributed by atoms with Crippen molar-refractivity contribution in [2.24, 2.45) is 0 Å². The smallest absolute Gasteiger partial charge is 0.152 e. The summed E-state index contributed by atoms with van der Waals surface area (Å²) in [4.78, 5) is 11.9. The van der Waals surface area contributed by atoms with Gasteiger partial charge in [-0.05, 0) is 18.3 Å². The molecule has 0 saturated carbocycles. The molecule has 0 spiro atoms. The summed E-state index contributed by atoms with van der Waals surface area (Å²) in [7, 11) is 0. The van der Waals surface area contributed by atoms with Gasteiger partial charge in [-0.1, -0.05) is 41.5 Å². The molecule has 110 valence electrons. The SMILES string of the molecule is CCC(C)(CC)c1cnc(-c2ncc(C(C)(C)C)s2)s1. The highest BCUT2D eigenvalue weighted by molar-refractivity contribution is 7.21. The minimum Gasteiger partial charge on any atom is -0.242 e. The topological polar surface area (TPSA) is 25.8 Å². The lowest BCUT2D eigenvalue weighted by Crippen LogP contribution is -2.17. The van der Waals surface area contributed by atoms with Crippen LogP contribution in [-0.4, -0.2) is 9.97 Å². The summed E-state index contributed by atoms with van der Waals surface area (Å²) in [5, 5.41) is 2.12. The molecule has 0 aliphatic carbocycles. The van der Waals surface area contributed by atoms with Crippen LogP contribution in [0.3, 0.4) is 0 Å². The molecule has 0 unspecified atom stereocenters. The summed E-state index contributed by atoms with van der Waals surface area (Å²) in [5.41, 5.74) is 0.414. The fraction of sp³-hybridized carbons (Fsp3) is 0.625. The summed E-state index contributed by atoms with van der Waals surface area (Å²) in [6.07, 6.45) is 6.34. The average Bonchev–Trinajstić information content (AvgIpc) is 3.05. The van der Waals surface area contributed by atoms with Gasteiger partial charge in [0.1, 0.15) is 0 Å². The number of nitrogens with zero attached hydrogens (tertiary/aromatic N) is 2. The van der Waals surface area contributed by atoms with E-state index in [0.29, 0.717) is 0 Å². The lowest BCUT2D eigenvalue weighted by Gasteiger charge is -2.24. The molecule has 0 aliphatic rings. The zero-order valence-electron chi connectivity index (χ0n) is 13.3. The molecule has 0 N–H and O–H groups in total. The quantitative estimate of drug-likeness (QED) is 0.730. The third kappa shape index (κ3) is 2.96. The fourth-order valence-electron chi connectivity index (χ4n) is 1.97. The minimum absolute atomic E-state index is 0.164. The van der Waals surface area contributed by atoms with Gasteiger partial charge in [0.25, 0.3) is 0 Å². The van der Waals surface area contributed by atoms with Gasteiger partial charge in [-0.25, -0.2) is 9.97 Å². The Morgan fingerprint density at radius 1 is 0.850 bits per heavy atom. The Balaban J connectivity index is 2.32. The molecule has 0 saturated heterocycles. The van der Waals surface area contributed by atoms with Crippen LogP contribution in [0.5, 0.6) is 0 Å². The second kappa shape index (κ2) is 5.57. The van der Waals surface area contributed by atoms with Crippen LogP contribution in [0.2, 0.25) is 0 Å². The predicted molar refractivity (Wildman–Crippen MR) is 89.9 cm³/mol. The second-order valence-electron chi connectivity index (χ2n) is 6.58. The van der Waals surface area contributed by atoms with E-state index in [1.165, 1.54) is 9.75 Å². The van der Waals surface area contributed by atoms with E-state index in [-0.39, 0.29) is 10.8 Å². The zero-order chi connectivity index (χ0) is 15.0. The lowest BCUT2D eigenvalue weighted by molar-refractivity contribution is 0.447. The van der Waals surface area contributed by atoms with E-state index in [1.54, 1.807) is 22.7 Å². The third-order valence-electron chi connectivity index (χ3n) is 4.09. The molecule has 20 heavy (non-hydrogen) atoms. The number of rotatable bonds is 4. The normalized spacial score (nSPS) is 12.9. The van der Waals surface area contributed by atoms with E-state index in [4.69, 9.17) is 0 Å². The molecular formula is C16H24N2S2. The van der Waals surface area contributed by atoms with Gasteiger partial charge in [0.15, 0.2) is 10.0 Å². The summed E-state index contributed by atoms with van der Waals surface area (Å²) in [6.45, 7) is 13.5. The molecule has 2 heterocycles. The van der Waals surface area contributed by atoms with Crippen LogP contribution in [0.25, 0.3) is 10.0 Å². The van der Waals surface area contributed by atoms with E-state index >= 15 is 0 Å². The van der Waals surface area contributed by atoms with Crippen molar-refractivity contribution < 1.29 is 0 Å². The van der Waals surface area contributed by atoms with Crippen molar-refractivity contribution in [2.45, 2.75) is 65.2 Å². The summed E-state index contributed by atoms with van der Waals surface area (Å²) >= 11 is 3.57. The van der Waals surface area contributed by atoms with Gasteiger partial charge in [-0.3, -0.25) is 0 Å². The average molecular weight is 309 g/mol. The Kier molecular flexibility index (Phi) is 4.35. The first-order valence-electron chi connectivity index (χ1n) is 7.23. The maximum atomic E-state index is 4.61. The van der Waals surface area contributed by atoms with Gasteiger partial charge < -0.3 is 0 Å². The molecule has 2 rings (SSSR count). The molecular weight excluding hydrogens is 284 g/mol. The largest absolute Gasteiger partial charge is 0.242 e. The van der Waals surface area contributed by atoms with E-state index < -0.39 is 0 Å². The van der Waals surface area contributed by atoms with E-state index in [2.05, 4.69) is 51.5 Å². The highest BCUT2D eigenvalue weighted by atomic mass is 32.1. The van der Waals surface area contributed by atoms with E-state index in [0.717, 1.165) is 22.9 Å². The van der Waals surface area contributed by atoms with Crippen molar-refractivity contribution in [3.63, 3.8) is 0 Å². The molecule has 2 aromatic heterocycles. The van der Waals surface area contributed by atoms with Crippen LogP contribution in [0.15, 0.2) is 12.4 Å². The summed E-state index contributed by atoms with van der Waals surface area (Å²) < 4.78 is 0. The number of aromatic nitrogens is 2. The molecule has 4 heteroatoms. The number of thiazole rings is 2. The van der Waals surface area contributed by atoms with Crippen molar-refractivity contribution >= 4 is 22.7 Å². The zero-order valence-corrected chi connectivity index (χ0v) is 14.9. The molecule has 0 bridgehead atoms. The fourth-order valence-corrected chi connectivity index (χ4v) is 4.18. The van der Waals surface area contributed by atoms with Crippen molar-refractivity contribution in [1.29, 1.82) is 0 Å². The third-order valence-corrected chi connectivity index (χ3v) is 6.96. The van der Waals surface area contributed by atoms with Crippen LogP contribution in [-0.2, 0) is 10.8 Å². The minimum atomic E-state index is 0.164. The maximum Gasteiger partial charge on any atom is 0.152 e. The van der Waals surface area contributed by atoms with Gasteiger partial charge in [0, 0.05) is 27.6 Å². The molecule has 0 atom stereocenters. The van der Waals surface area contributed by atoms with Gasteiger partial charge in [0.2, 0.25) is 0 Å². The number of hydrogen-bond donors (Lipinski definition) is 0. The van der Waals surface area contributed by atoms with Crippen LogP contribution < -0.4 is 0 Å². The van der Waals surface area contributed by atoms with Crippen LogP contribution >= 0.6 is 22.7 Å². The molecule has 2 aromatic rings. The van der Waals surface area contributed by atoms with Crippen molar-refractivity contribution in [1.82, 2.24) is 9.97 Å². The van der Waals surface area contributed by atoms with Gasteiger partial charge in [-0.15, -0.1) is 22.7 Å². The first-order chi connectivity index (χ1) is 9.30. The van der Waals surface area contributed by atoms with Crippen LogP contribution in [0, 0.1) is 0 Å². The molecule has 0 radical (unpaired) electrons. The monoisotopic (exact) mass is 308 g/mol. The number of hydrogen-bond acceptors (Lipinski definition) is 4. The molecule has 0 amide bonds. The van der Waals surface area contributed by atoms with Crippen LogP contribution in [0.1, 0.15) is 64.1 Å². The van der Waals surface area contributed by atoms with Gasteiger partial charge in [0.05, 0.1) is 0 Å². The maximum absolute atomic E-state index is 4.61. The predicted octanol–water partition coefficient (Wildman–Crippen LogP) is 5.64. The van der Waals surface area contributed by atoms with E-state index in [9.17, 15) is 0 Å². The Labute approximate surface area is 130 Å². The second-order valence-corrected chi connectivity index (χ2v) is 8.64. The highest BCUT2D eigenvalue weighted by Crippen LogP contribution is 2.39. The molecule has 0 aromatic carbocycles. The van der Waals surface area contributed by atoms with Crippen molar-refractivity contribution in [3.05, 3.63) is 22.1 Å². The first kappa shape index (κ1) is 15.6. The summed E-state index contributed by atoms with van der Waals surface area (Å²) in [6, 6.07) is 0. The molecule has 2 nitrogen and oxygen atoms in total. The highest BCUT2D eigenvalue weighted by Gasteiger charge is 2.26. The van der Waals surface area contributed by atoms with Gasteiger partial charge >= 0.3 is 0 Å². The molecule has 0 aliphatic heterocycles. The lowest BCUT2D eigenvalue weighted by atomic mass is 9.84. The van der Waals surface area contributed by atoms with Gasteiger partial charge in [-0.2, -0.15) is 0 Å². The van der Waals surface area contributed by atoms with Crippen LogP contribution in [0.4, 0.5) is 0 Å².